The zero-order valence-electron chi connectivity index (χ0n) is 17.5. The molecule has 6 nitrogen and oxygen atoms in total. The number of ether oxygens (including phenoxy) is 2. The minimum atomic E-state index is -0.260. The third kappa shape index (κ3) is 6.49. The van der Waals surface area contributed by atoms with Gasteiger partial charge in [0.2, 0.25) is 0 Å². The maximum absolute atomic E-state index is 13.0. The van der Waals surface area contributed by atoms with E-state index in [0.717, 1.165) is 51.1 Å². The normalized spacial score (nSPS) is 24.3. The van der Waals surface area contributed by atoms with Crippen LogP contribution in [0, 0.1) is 5.82 Å². The molecule has 162 valence electrons. The summed E-state index contributed by atoms with van der Waals surface area (Å²) in [6.07, 6.45) is 1.10. The second kappa shape index (κ2) is 11.0. The van der Waals surface area contributed by atoms with Gasteiger partial charge in [-0.05, 0) is 50.3 Å². The Hall–Kier alpha value is -1.51. The third-order valence-electron chi connectivity index (χ3n) is 5.35. The summed E-state index contributed by atoms with van der Waals surface area (Å²) >= 11 is 2.02. The molecule has 2 atom stereocenters. The molecule has 2 aliphatic heterocycles. The Kier molecular flexibility index (Phi) is 8.44. The summed E-state index contributed by atoms with van der Waals surface area (Å²) in [5.41, 5.74) is 0.132. The number of hydrogen-bond donors (Lipinski definition) is 2. The SMILES string of the molecule is CCNC(=NCC1(N2CCOCC2)CCSC1)NCC(C)Oc1ccc(F)cc1. The Balaban J connectivity index is 1.56. The molecule has 0 aliphatic carbocycles. The topological polar surface area (TPSA) is 58.1 Å². The number of guanidine groups is 1. The van der Waals surface area contributed by atoms with Crippen molar-refractivity contribution in [3.63, 3.8) is 0 Å². The first-order valence-electron chi connectivity index (χ1n) is 10.5. The van der Waals surface area contributed by atoms with E-state index >= 15 is 0 Å². The van der Waals surface area contributed by atoms with Gasteiger partial charge < -0.3 is 20.1 Å². The minimum Gasteiger partial charge on any atom is -0.489 e. The van der Waals surface area contributed by atoms with Gasteiger partial charge in [-0.15, -0.1) is 0 Å². The van der Waals surface area contributed by atoms with Crippen molar-refractivity contribution < 1.29 is 13.9 Å². The molecule has 29 heavy (non-hydrogen) atoms. The predicted octanol–water partition coefficient (Wildman–Crippen LogP) is 2.36. The van der Waals surface area contributed by atoms with Gasteiger partial charge in [0.1, 0.15) is 17.7 Å². The Morgan fingerprint density at radius 3 is 2.72 bits per heavy atom. The van der Waals surface area contributed by atoms with Gasteiger partial charge in [0.15, 0.2) is 5.96 Å². The van der Waals surface area contributed by atoms with E-state index in [4.69, 9.17) is 14.5 Å². The number of nitrogens with one attached hydrogen (secondary N) is 2. The molecular formula is C21H33FN4O2S. The lowest BCUT2D eigenvalue weighted by atomic mass is 9.96. The fourth-order valence-electron chi connectivity index (χ4n) is 3.70. The average molecular weight is 425 g/mol. The lowest BCUT2D eigenvalue weighted by Gasteiger charge is -2.42. The van der Waals surface area contributed by atoms with Crippen molar-refractivity contribution in [2.45, 2.75) is 31.9 Å². The highest BCUT2D eigenvalue weighted by Crippen LogP contribution is 2.34. The quantitative estimate of drug-likeness (QED) is 0.494. The maximum atomic E-state index is 13.0. The number of halogens is 1. The highest BCUT2D eigenvalue weighted by atomic mass is 32.2. The van der Waals surface area contributed by atoms with Gasteiger partial charge >= 0.3 is 0 Å². The van der Waals surface area contributed by atoms with Crippen molar-refractivity contribution in [1.82, 2.24) is 15.5 Å². The number of aliphatic imine (C=N–C) groups is 1. The Morgan fingerprint density at radius 2 is 2.07 bits per heavy atom. The van der Waals surface area contributed by atoms with E-state index in [1.165, 1.54) is 24.3 Å². The van der Waals surface area contributed by atoms with Crippen LogP contribution in [0.4, 0.5) is 4.39 Å². The van der Waals surface area contributed by atoms with Crippen LogP contribution in [0.15, 0.2) is 29.3 Å². The molecule has 0 spiro atoms. The fraction of sp³-hybridized carbons (Fsp3) is 0.667. The summed E-state index contributed by atoms with van der Waals surface area (Å²) in [6.45, 7) is 9.86. The molecule has 2 unspecified atom stereocenters. The first-order chi connectivity index (χ1) is 14.1. The van der Waals surface area contributed by atoms with Crippen molar-refractivity contribution in [2.24, 2.45) is 4.99 Å². The highest BCUT2D eigenvalue weighted by Gasteiger charge is 2.40. The van der Waals surface area contributed by atoms with Gasteiger partial charge in [-0.3, -0.25) is 9.89 Å². The van der Waals surface area contributed by atoms with Gasteiger partial charge in [-0.1, -0.05) is 0 Å². The van der Waals surface area contributed by atoms with Crippen LogP contribution < -0.4 is 15.4 Å². The molecule has 8 heteroatoms. The van der Waals surface area contributed by atoms with Gasteiger partial charge in [0.05, 0.1) is 31.8 Å². The van der Waals surface area contributed by atoms with Crippen molar-refractivity contribution in [1.29, 1.82) is 0 Å². The molecular weight excluding hydrogens is 391 g/mol. The second-order valence-electron chi connectivity index (χ2n) is 7.58. The van der Waals surface area contributed by atoms with Crippen LogP contribution in [0.5, 0.6) is 5.75 Å². The van der Waals surface area contributed by atoms with Gasteiger partial charge in [0.25, 0.3) is 0 Å². The molecule has 2 heterocycles. The zero-order chi connectivity index (χ0) is 20.5. The third-order valence-corrected chi connectivity index (χ3v) is 6.58. The molecule has 1 aromatic rings. The van der Waals surface area contributed by atoms with Gasteiger partial charge in [-0.2, -0.15) is 11.8 Å². The molecule has 0 aromatic heterocycles. The largest absolute Gasteiger partial charge is 0.489 e. The monoisotopic (exact) mass is 424 g/mol. The van der Waals surface area contributed by atoms with E-state index in [1.807, 2.05) is 18.7 Å². The Morgan fingerprint density at radius 1 is 1.31 bits per heavy atom. The summed E-state index contributed by atoms with van der Waals surface area (Å²) in [7, 11) is 0. The molecule has 0 bridgehead atoms. The van der Waals surface area contributed by atoms with Crippen LogP contribution in [-0.4, -0.2) is 79.9 Å². The van der Waals surface area contributed by atoms with Crippen LogP contribution >= 0.6 is 11.8 Å². The van der Waals surface area contributed by atoms with Crippen molar-refractivity contribution in [2.75, 3.05) is 57.4 Å². The first-order valence-corrected chi connectivity index (χ1v) is 11.6. The number of hydrogen-bond acceptors (Lipinski definition) is 5. The zero-order valence-corrected chi connectivity index (χ0v) is 18.3. The summed E-state index contributed by atoms with van der Waals surface area (Å²) in [4.78, 5) is 7.50. The Labute approximate surface area is 177 Å². The van der Waals surface area contributed by atoms with E-state index in [1.54, 1.807) is 12.1 Å². The fourth-order valence-corrected chi connectivity index (χ4v) is 5.17. The van der Waals surface area contributed by atoms with Crippen molar-refractivity contribution >= 4 is 17.7 Å². The van der Waals surface area contributed by atoms with Crippen molar-refractivity contribution in [3.05, 3.63) is 30.1 Å². The number of rotatable bonds is 8. The molecule has 2 fully saturated rings. The van der Waals surface area contributed by atoms with Crippen LogP contribution in [0.1, 0.15) is 20.3 Å². The number of thioether (sulfide) groups is 1. The predicted molar refractivity (Wildman–Crippen MR) is 118 cm³/mol. The molecule has 0 radical (unpaired) electrons. The highest BCUT2D eigenvalue weighted by molar-refractivity contribution is 7.99. The summed E-state index contributed by atoms with van der Waals surface area (Å²) in [5.74, 6) is 3.53. The Bertz CT molecular complexity index is 647. The van der Waals surface area contributed by atoms with Crippen molar-refractivity contribution in [3.8, 4) is 5.75 Å². The smallest absolute Gasteiger partial charge is 0.191 e. The molecule has 2 aliphatic rings. The minimum absolute atomic E-state index is 0.0699. The summed E-state index contributed by atoms with van der Waals surface area (Å²) in [6, 6.07) is 6.11. The molecule has 0 saturated carbocycles. The molecule has 2 N–H and O–H groups in total. The van der Waals surface area contributed by atoms with Crippen LogP contribution in [0.25, 0.3) is 0 Å². The van der Waals surface area contributed by atoms with E-state index in [9.17, 15) is 4.39 Å². The van der Waals surface area contributed by atoms with E-state index in [0.29, 0.717) is 12.3 Å². The lowest BCUT2D eigenvalue weighted by molar-refractivity contribution is -0.0104. The molecule has 0 amide bonds. The summed E-state index contributed by atoms with van der Waals surface area (Å²) in [5, 5.41) is 6.72. The van der Waals surface area contributed by atoms with Crippen LogP contribution in [0.3, 0.4) is 0 Å². The number of benzene rings is 1. The average Bonchev–Trinajstić information content (AvgIpc) is 3.23. The van der Waals surface area contributed by atoms with E-state index in [-0.39, 0.29) is 17.5 Å². The van der Waals surface area contributed by atoms with Gasteiger partial charge in [0, 0.05) is 25.4 Å². The number of morpholine rings is 1. The van der Waals surface area contributed by atoms with Gasteiger partial charge in [-0.25, -0.2) is 4.39 Å². The summed E-state index contributed by atoms with van der Waals surface area (Å²) < 4.78 is 24.4. The standard InChI is InChI=1S/C21H33FN4O2S/c1-3-23-20(24-14-17(2)28-19-6-4-18(22)5-7-19)25-15-21(8-13-29-16-21)26-9-11-27-12-10-26/h4-7,17H,3,8-16H2,1-2H3,(H2,23,24,25). The molecule has 2 saturated heterocycles. The molecule has 3 rings (SSSR count). The van der Waals surface area contributed by atoms with E-state index in [2.05, 4.69) is 22.5 Å². The number of nitrogens with zero attached hydrogens (tertiary/aromatic N) is 2. The van der Waals surface area contributed by atoms with Crippen LogP contribution in [-0.2, 0) is 4.74 Å². The lowest BCUT2D eigenvalue weighted by Crippen LogP contribution is -2.56. The van der Waals surface area contributed by atoms with Crippen LogP contribution in [0.2, 0.25) is 0 Å². The second-order valence-corrected chi connectivity index (χ2v) is 8.69. The maximum Gasteiger partial charge on any atom is 0.191 e. The molecule has 1 aromatic carbocycles. The van der Waals surface area contributed by atoms with E-state index < -0.39 is 0 Å². The first kappa shape index (κ1) is 22.2.